The van der Waals surface area contributed by atoms with Crippen LogP contribution >= 0.6 is 11.3 Å². The summed E-state index contributed by atoms with van der Waals surface area (Å²) >= 11 is 1.14. The van der Waals surface area contributed by atoms with Crippen molar-refractivity contribution < 1.29 is 14.6 Å². The maximum atomic E-state index is 11.7. The normalized spacial score (nSPS) is 10.9. The number of carboxylic acids is 1. The van der Waals surface area contributed by atoms with Crippen molar-refractivity contribution in [3.63, 3.8) is 0 Å². The Bertz CT molecular complexity index is 708. The van der Waals surface area contributed by atoms with Gasteiger partial charge in [0.15, 0.2) is 0 Å². The number of aliphatic carboxylic acids is 1. The maximum absolute atomic E-state index is 11.7. The van der Waals surface area contributed by atoms with E-state index in [0.717, 1.165) is 27.5 Å². The Morgan fingerprint density at radius 2 is 2.14 bits per heavy atom. The van der Waals surface area contributed by atoms with E-state index < -0.39 is 5.97 Å². The van der Waals surface area contributed by atoms with Gasteiger partial charge < -0.3 is 19.7 Å². The van der Waals surface area contributed by atoms with Gasteiger partial charge in [-0.25, -0.2) is 0 Å². The first-order valence-corrected chi connectivity index (χ1v) is 7.58. The second-order valence-electron chi connectivity index (χ2n) is 4.89. The van der Waals surface area contributed by atoms with Gasteiger partial charge in [-0.05, 0) is 19.2 Å². The van der Waals surface area contributed by atoms with E-state index in [9.17, 15) is 9.59 Å². The molecule has 118 valence electrons. The van der Waals surface area contributed by atoms with Crippen LogP contribution in [0.25, 0.3) is 11.3 Å². The lowest BCUT2D eigenvalue weighted by molar-refractivity contribution is -0.137. The summed E-state index contributed by atoms with van der Waals surface area (Å²) in [5.41, 5.74) is 1.56. The van der Waals surface area contributed by atoms with E-state index in [0.29, 0.717) is 18.8 Å². The first-order chi connectivity index (χ1) is 10.5. The van der Waals surface area contributed by atoms with Crippen molar-refractivity contribution in [3.05, 3.63) is 38.8 Å². The molecule has 22 heavy (non-hydrogen) atoms. The molecule has 6 nitrogen and oxygen atoms in total. The zero-order chi connectivity index (χ0) is 16.1. The summed E-state index contributed by atoms with van der Waals surface area (Å²) in [7, 11) is 3.42. The molecule has 0 unspecified atom stereocenters. The molecule has 7 heteroatoms. The molecule has 0 atom stereocenters. The third kappa shape index (κ3) is 3.96. The number of rotatable bonds is 7. The predicted molar refractivity (Wildman–Crippen MR) is 85.5 cm³/mol. The largest absolute Gasteiger partial charge is 0.496 e. The molecule has 0 spiro atoms. The molecule has 0 bridgehead atoms. The van der Waals surface area contributed by atoms with Crippen LogP contribution in [-0.2, 0) is 11.3 Å². The molecule has 1 heterocycles. The molecule has 2 N–H and O–H groups in total. The molecule has 0 radical (unpaired) electrons. The Labute approximate surface area is 132 Å². The van der Waals surface area contributed by atoms with Crippen molar-refractivity contribution in [3.8, 4) is 17.0 Å². The zero-order valence-corrected chi connectivity index (χ0v) is 13.3. The Balaban J connectivity index is 2.27. The lowest BCUT2D eigenvalue weighted by Crippen LogP contribution is -2.21. The number of carbonyl (C=O) groups is 1. The number of carboxylic acid groups (broad SMARTS) is 1. The number of nitrogens with zero attached hydrogens (tertiary/aromatic N) is 1. The second-order valence-corrected chi connectivity index (χ2v) is 5.96. The van der Waals surface area contributed by atoms with E-state index in [1.165, 1.54) is 0 Å². The van der Waals surface area contributed by atoms with Crippen molar-refractivity contribution in [2.45, 2.75) is 13.0 Å². The average Bonchev–Trinajstić information content (AvgIpc) is 2.85. The van der Waals surface area contributed by atoms with Crippen molar-refractivity contribution in [2.24, 2.45) is 0 Å². The van der Waals surface area contributed by atoms with Gasteiger partial charge in [-0.2, -0.15) is 0 Å². The van der Waals surface area contributed by atoms with Gasteiger partial charge in [-0.1, -0.05) is 23.5 Å². The minimum atomic E-state index is -0.834. The molecule has 2 aromatic rings. The SMILES string of the molecule is COc1ccccc1-c1[nH]c(=O)sc1CN(C)CCC(=O)O. The third-order valence-corrected chi connectivity index (χ3v) is 4.09. The highest BCUT2D eigenvalue weighted by Crippen LogP contribution is 2.31. The van der Waals surface area contributed by atoms with Crippen LogP contribution in [0, 0.1) is 0 Å². The molecule has 0 saturated heterocycles. The summed E-state index contributed by atoms with van der Waals surface area (Å²) in [6.07, 6.45) is 0.0693. The monoisotopic (exact) mass is 322 g/mol. The number of nitrogens with one attached hydrogen (secondary N) is 1. The first kappa shape index (κ1) is 16.3. The molecular formula is C15H18N2O4S. The van der Waals surface area contributed by atoms with E-state index in [1.807, 2.05) is 36.2 Å². The number of ether oxygens (including phenoxy) is 1. The summed E-state index contributed by atoms with van der Waals surface area (Å²) in [6.45, 7) is 0.927. The van der Waals surface area contributed by atoms with Crippen LogP contribution in [0.4, 0.5) is 0 Å². The van der Waals surface area contributed by atoms with Crippen molar-refractivity contribution in [2.75, 3.05) is 20.7 Å². The summed E-state index contributed by atoms with van der Waals surface area (Å²) in [5, 5.41) is 8.74. The first-order valence-electron chi connectivity index (χ1n) is 6.77. The molecule has 0 saturated carbocycles. The Morgan fingerprint density at radius 1 is 1.41 bits per heavy atom. The Kier molecular flexibility index (Phi) is 5.35. The molecule has 0 aliphatic carbocycles. The van der Waals surface area contributed by atoms with E-state index in [2.05, 4.69) is 4.98 Å². The molecule has 0 fully saturated rings. The maximum Gasteiger partial charge on any atom is 0.305 e. The molecule has 1 aromatic carbocycles. The van der Waals surface area contributed by atoms with E-state index in [-0.39, 0.29) is 11.3 Å². The van der Waals surface area contributed by atoms with Crippen LogP contribution < -0.4 is 9.61 Å². The standard InChI is InChI=1S/C15H18N2O4S/c1-17(8-7-13(18)19)9-12-14(16-15(20)22-12)10-5-3-4-6-11(10)21-2/h3-6H,7-9H2,1-2H3,(H,16,20)(H,18,19). The van der Waals surface area contributed by atoms with Gasteiger partial charge >= 0.3 is 10.8 Å². The van der Waals surface area contributed by atoms with Gasteiger partial charge in [0.25, 0.3) is 0 Å². The fraction of sp³-hybridized carbons (Fsp3) is 0.333. The highest BCUT2D eigenvalue weighted by Gasteiger charge is 2.15. The number of methoxy groups -OCH3 is 1. The highest BCUT2D eigenvalue weighted by atomic mass is 32.1. The zero-order valence-electron chi connectivity index (χ0n) is 12.5. The van der Waals surface area contributed by atoms with Gasteiger partial charge in [0.05, 0.1) is 19.2 Å². The minimum absolute atomic E-state index is 0.0693. The Morgan fingerprint density at radius 3 is 2.82 bits per heavy atom. The number of H-pyrrole nitrogens is 1. The lowest BCUT2D eigenvalue weighted by atomic mass is 10.1. The molecular weight excluding hydrogens is 304 g/mol. The van der Waals surface area contributed by atoms with Gasteiger partial charge in [-0.3, -0.25) is 9.59 Å². The summed E-state index contributed by atoms with van der Waals surface area (Å²) in [5.74, 6) is -0.148. The highest BCUT2D eigenvalue weighted by molar-refractivity contribution is 7.09. The van der Waals surface area contributed by atoms with Crippen LogP contribution in [0.5, 0.6) is 5.75 Å². The second kappa shape index (κ2) is 7.24. The molecule has 0 aliphatic heterocycles. The molecule has 0 aliphatic rings. The molecule has 1 aromatic heterocycles. The van der Waals surface area contributed by atoms with Crippen LogP contribution in [-0.4, -0.2) is 41.7 Å². The van der Waals surface area contributed by atoms with Gasteiger partial charge in [0.2, 0.25) is 0 Å². The number of hydrogen-bond acceptors (Lipinski definition) is 5. The average molecular weight is 322 g/mol. The molecule has 0 amide bonds. The number of benzene rings is 1. The summed E-state index contributed by atoms with van der Waals surface area (Å²) in [4.78, 5) is 27.8. The summed E-state index contributed by atoms with van der Waals surface area (Å²) < 4.78 is 5.34. The minimum Gasteiger partial charge on any atom is -0.496 e. The number of thiazole rings is 1. The number of aromatic nitrogens is 1. The van der Waals surface area contributed by atoms with Crippen LogP contribution in [0.3, 0.4) is 0 Å². The van der Waals surface area contributed by atoms with E-state index in [1.54, 1.807) is 7.11 Å². The molecule has 2 rings (SSSR count). The van der Waals surface area contributed by atoms with Crippen molar-refractivity contribution in [1.82, 2.24) is 9.88 Å². The number of aromatic amines is 1. The van der Waals surface area contributed by atoms with Gasteiger partial charge in [0, 0.05) is 23.5 Å². The Hall–Kier alpha value is -2.12. The smallest absolute Gasteiger partial charge is 0.305 e. The van der Waals surface area contributed by atoms with Crippen LogP contribution in [0.15, 0.2) is 29.1 Å². The van der Waals surface area contributed by atoms with E-state index >= 15 is 0 Å². The van der Waals surface area contributed by atoms with Crippen LogP contribution in [0.1, 0.15) is 11.3 Å². The number of para-hydroxylation sites is 1. The quantitative estimate of drug-likeness (QED) is 0.815. The van der Waals surface area contributed by atoms with Gasteiger partial charge in [-0.15, -0.1) is 0 Å². The van der Waals surface area contributed by atoms with E-state index in [4.69, 9.17) is 9.84 Å². The fourth-order valence-corrected chi connectivity index (χ4v) is 3.08. The van der Waals surface area contributed by atoms with Crippen LogP contribution in [0.2, 0.25) is 0 Å². The lowest BCUT2D eigenvalue weighted by Gasteiger charge is -2.15. The predicted octanol–water partition coefficient (Wildman–Crippen LogP) is 2.02. The topological polar surface area (TPSA) is 82.6 Å². The summed E-state index contributed by atoms with van der Waals surface area (Å²) in [6, 6.07) is 7.47. The number of hydrogen-bond donors (Lipinski definition) is 2. The fourth-order valence-electron chi connectivity index (χ4n) is 2.15. The van der Waals surface area contributed by atoms with Crippen molar-refractivity contribution in [1.29, 1.82) is 0 Å². The van der Waals surface area contributed by atoms with Gasteiger partial charge in [0.1, 0.15) is 5.75 Å². The van der Waals surface area contributed by atoms with Crippen molar-refractivity contribution >= 4 is 17.3 Å². The third-order valence-electron chi connectivity index (χ3n) is 3.22.